The fourth-order valence-electron chi connectivity index (χ4n) is 5.04. The third-order valence-corrected chi connectivity index (χ3v) is 6.83. The Morgan fingerprint density at radius 1 is 0.946 bits per heavy atom. The van der Waals surface area contributed by atoms with Crippen LogP contribution < -0.4 is 14.2 Å². The number of ether oxygens (including phenoxy) is 3. The van der Waals surface area contributed by atoms with Gasteiger partial charge < -0.3 is 24.3 Å². The molecule has 0 bridgehead atoms. The van der Waals surface area contributed by atoms with Crippen LogP contribution in [0.25, 0.3) is 22.2 Å². The van der Waals surface area contributed by atoms with Gasteiger partial charge in [-0.25, -0.2) is 0 Å². The molecule has 3 aromatic carbocycles. The number of H-pyrrole nitrogens is 1. The van der Waals surface area contributed by atoms with E-state index in [4.69, 9.17) is 14.2 Å². The summed E-state index contributed by atoms with van der Waals surface area (Å²) in [5, 5.41) is 10.6. The summed E-state index contributed by atoms with van der Waals surface area (Å²) in [5.41, 5.74) is 4.29. The summed E-state index contributed by atoms with van der Waals surface area (Å²) < 4.78 is 18.2. The number of aromatic nitrogens is 1. The first-order valence-corrected chi connectivity index (χ1v) is 13.1. The second-order valence-electron chi connectivity index (χ2n) is 9.50. The van der Waals surface area contributed by atoms with Crippen molar-refractivity contribution in [1.82, 2.24) is 4.98 Å². The highest BCUT2D eigenvalue weighted by Crippen LogP contribution is 2.38. The van der Waals surface area contributed by atoms with Crippen LogP contribution in [-0.2, 0) is 17.8 Å². The summed E-state index contributed by atoms with van der Waals surface area (Å²) in [7, 11) is 0. The number of fused-ring (bicyclic) bond motifs is 1. The Balaban J connectivity index is 1.47. The summed E-state index contributed by atoms with van der Waals surface area (Å²) in [4.78, 5) is 15.3. The maximum absolute atomic E-state index is 11.8. The predicted molar refractivity (Wildman–Crippen MR) is 145 cm³/mol. The maximum atomic E-state index is 11.8. The van der Waals surface area contributed by atoms with E-state index in [0.717, 1.165) is 51.9 Å². The van der Waals surface area contributed by atoms with E-state index in [0.29, 0.717) is 24.7 Å². The van der Waals surface area contributed by atoms with Crippen molar-refractivity contribution in [3.8, 4) is 28.5 Å². The zero-order valence-electron chi connectivity index (χ0n) is 21.2. The third kappa shape index (κ3) is 5.91. The molecule has 1 fully saturated rings. The van der Waals surface area contributed by atoms with Crippen molar-refractivity contribution in [2.24, 2.45) is 0 Å². The van der Waals surface area contributed by atoms with Crippen LogP contribution >= 0.6 is 0 Å². The highest BCUT2D eigenvalue weighted by atomic mass is 16.5. The number of rotatable bonds is 10. The van der Waals surface area contributed by atoms with Crippen molar-refractivity contribution in [2.75, 3.05) is 6.61 Å². The molecule has 0 saturated heterocycles. The van der Waals surface area contributed by atoms with Crippen LogP contribution in [0.1, 0.15) is 50.2 Å². The fraction of sp³-hybridized carbons (Fsp3) is 0.323. The molecular weight excluding hydrogens is 466 g/mol. The zero-order valence-corrected chi connectivity index (χ0v) is 21.2. The Bertz CT molecular complexity index is 1360. The maximum Gasteiger partial charge on any atom is 0.307 e. The van der Waals surface area contributed by atoms with E-state index >= 15 is 0 Å². The lowest BCUT2D eigenvalue weighted by Gasteiger charge is -2.23. The lowest BCUT2D eigenvalue weighted by Crippen LogP contribution is -2.19. The molecule has 0 unspecified atom stereocenters. The molecule has 1 saturated carbocycles. The van der Waals surface area contributed by atoms with Gasteiger partial charge in [0.05, 0.1) is 24.8 Å². The van der Waals surface area contributed by atoms with Crippen molar-refractivity contribution in [3.63, 3.8) is 0 Å². The van der Waals surface area contributed by atoms with Crippen LogP contribution in [0, 0.1) is 0 Å². The summed E-state index contributed by atoms with van der Waals surface area (Å²) >= 11 is 0. The summed E-state index contributed by atoms with van der Waals surface area (Å²) in [6, 6.07) is 21.6. The number of carboxylic acids is 1. The van der Waals surface area contributed by atoms with E-state index in [-0.39, 0.29) is 12.5 Å². The van der Waals surface area contributed by atoms with Crippen LogP contribution in [0.5, 0.6) is 17.2 Å². The molecule has 0 amide bonds. The van der Waals surface area contributed by atoms with Gasteiger partial charge in [-0.15, -0.1) is 0 Å². The third-order valence-electron chi connectivity index (χ3n) is 6.83. The van der Waals surface area contributed by atoms with E-state index in [1.807, 2.05) is 73.7 Å². The molecule has 4 aromatic rings. The first-order chi connectivity index (χ1) is 18.1. The molecule has 0 spiro atoms. The molecule has 0 radical (unpaired) electrons. The molecule has 0 aliphatic heterocycles. The SMILES string of the molecule is CCOc1cc(-c2[nH]c3ccc(OC4CCCCC4)cc3c2CC(=O)O)ccc1OCc1ccccc1. The Hall–Kier alpha value is -3.93. The summed E-state index contributed by atoms with van der Waals surface area (Å²) in [5.74, 6) is 1.18. The van der Waals surface area contributed by atoms with E-state index in [1.54, 1.807) is 0 Å². The standard InChI is InChI=1S/C31H33NO5/c1-2-35-29-17-22(13-16-28(29)36-20-21-9-5-3-6-10-21)31-26(19-30(33)34)25-18-24(14-15-27(25)32-31)37-23-11-7-4-8-12-23/h3,5-6,9-10,13-18,23,32H,2,4,7-8,11-12,19-20H2,1H3,(H,33,34). The highest BCUT2D eigenvalue weighted by molar-refractivity contribution is 5.95. The van der Waals surface area contributed by atoms with E-state index in [9.17, 15) is 9.90 Å². The Morgan fingerprint density at radius 2 is 1.76 bits per heavy atom. The Labute approximate surface area is 217 Å². The van der Waals surface area contributed by atoms with Crippen LogP contribution in [-0.4, -0.2) is 28.8 Å². The molecule has 192 valence electrons. The van der Waals surface area contributed by atoms with E-state index in [2.05, 4.69) is 4.98 Å². The minimum atomic E-state index is -0.881. The second-order valence-corrected chi connectivity index (χ2v) is 9.50. The molecular formula is C31H33NO5. The Kier molecular flexibility index (Phi) is 7.64. The van der Waals surface area contributed by atoms with Crippen LogP contribution in [0.2, 0.25) is 0 Å². The van der Waals surface area contributed by atoms with Crippen molar-refractivity contribution < 1.29 is 24.1 Å². The first kappa shape index (κ1) is 24.8. The Morgan fingerprint density at radius 3 is 2.51 bits per heavy atom. The summed E-state index contributed by atoms with van der Waals surface area (Å²) in [6.45, 7) is 2.85. The van der Waals surface area contributed by atoms with Crippen LogP contribution in [0.3, 0.4) is 0 Å². The number of hydrogen-bond acceptors (Lipinski definition) is 4. The molecule has 5 rings (SSSR count). The number of carbonyl (C=O) groups is 1. The lowest BCUT2D eigenvalue weighted by atomic mass is 9.97. The van der Waals surface area contributed by atoms with E-state index < -0.39 is 5.97 Å². The normalized spacial score (nSPS) is 14.0. The summed E-state index contributed by atoms with van der Waals surface area (Å²) in [6.07, 6.45) is 5.91. The van der Waals surface area contributed by atoms with Gasteiger partial charge in [0.2, 0.25) is 0 Å². The second kappa shape index (κ2) is 11.4. The van der Waals surface area contributed by atoms with Gasteiger partial charge in [-0.1, -0.05) is 36.8 Å². The van der Waals surface area contributed by atoms with Crippen molar-refractivity contribution in [3.05, 3.63) is 77.9 Å². The minimum absolute atomic E-state index is 0.0988. The molecule has 6 heteroatoms. The molecule has 2 N–H and O–H groups in total. The number of carboxylic acid groups (broad SMARTS) is 1. The number of benzene rings is 3. The van der Waals surface area contributed by atoms with Gasteiger partial charge in [0.1, 0.15) is 12.4 Å². The van der Waals surface area contributed by atoms with Crippen molar-refractivity contribution >= 4 is 16.9 Å². The molecule has 1 aliphatic rings. The molecule has 0 atom stereocenters. The number of aliphatic carboxylic acids is 1. The average Bonchev–Trinajstić information content (AvgIpc) is 3.26. The van der Waals surface area contributed by atoms with E-state index in [1.165, 1.54) is 19.3 Å². The predicted octanol–water partition coefficient (Wildman–Crippen LogP) is 7.15. The molecule has 1 heterocycles. The van der Waals surface area contributed by atoms with Gasteiger partial charge in [0, 0.05) is 16.5 Å². The monoisotopic (exact) mass is 499 g/mol. The first-order valence-electron chi connectivity index (χ1n) is 13.1. The average molecular weight is 500 g/mol. The molecule has 6 nitrogen and oxygen atoms in total. The molecule has 37 heavy (non-hydrogen) atoms. The minimum Gasteiger partial charge on any atom is -0.490 e. The largest absolute Gasteiger partial charge is 0.490 e. The van der Waals surface area contributed by atoms with Gasteiger partial charge in [-0.2, -0.15) is 0 Å². The van der Waals surface area contributed by atoms with Gasteiger partial charge in [-0.05, 0) is 80.1 Å². The van der Waals surface area contributed by atoms with Gasteiger partial charge >= 0.3 is 5.97 Å². The van der Waals surface area contributed by atoms with Gasteiger partial charge in [0.25, 0.3) is 0 Å². The number of aromatic amines is 1. The highest BCUT2D eigenvalue weighted by Gasteiger charge is 2.20. The number of hydrogen-bond donors (Lipinski definition) is 2. The van der Waals surface area contributed by atoms with Crippen LogP contribution in [0.4, 0.5) is 0 Å². The van der Waals surface area contributed by atoms with Gasteiger partial charge in [-0.3, -0.25) is 4.79 Å². The quantitative estimate of drug-likeness (QED) is 0.242. The lowest BCUT2D eigenvalue weighted by molar-refractivity contribution is -0.136. The van der Waals surface area contributed by atoms with Gasteiger partial charge in [0.15, 0.2) is 11.5 Å². The zero-order chi connectivity index (χ0) is 25.6. The molecule has 1 aliphatic carbocycles. The van der Waals surface area contributed by atoms with Crippen molar-refractivity contribution in [2.45, 2.75) is 58.2 Å². The molecule has 1 aromatic heterocycles. The topological polar surface area (TPSA) is 80.8 Å². The smallest absolute Gasteiger partial charge is 0.307 e. The van der Waals surface area contributed by atoms with Crippen molar-refractivity contribution in [1.29, 1.82) is 0 Å². The fourth-order valence-corrected chi connectivity index (χ4v) is 5.04. The van der Waals surface area contributed by atoms with Crippen LogP contribution in [0.15, 0.2) is 66.7 Å². The number of nitrogens with one attached hydrogen (secondary N) is 1.